The summed E-state index contributed by atoms with van der Waals surface area (Å²) in [5, 5.41) is 0.294. The predicted molar refractivity (Wildman–Crippen MR) is 59.9 cm³/mol. The highest BCUT2D eigenvalue weighted by molar-refractivity contribution is 6.32. The van der Waals surface area contributed by atoms with Crippen molar-refractivity contribution in [3.05, 3.63) is 28.0 Å². The van der Waals surface area contributed by atoms with Gasteiger partial charge in [0, 0.05) is 11.1 Å². The first-order chi connectivity index (χ1) is 6.79. The lowest BCUT2D eigenvalue weighted by atomic mass is 9.93. The zero-order valence-corrected chi connectivity index (χ0v) is 10.1. The Labute approximate surface area is 94.2 Å². The Bertz CT molecular complexity index is 385. The van der Waals surface area contributed by atoms with Gasteiger partial charge in [0.2, 0.25) is 0 Å². The molecule has 1 aromatic carbocycles. The zero-order valence-electron chi connectivity index (χ0n) is 9.32. The molecule has 0 saturated carbocycles. The van der Waals surface area contributed by atoms with Crippen LogP contribution in [-0.4, -0.2) is 7.11 Å². The molecule has 84 valence electrons. The topological polar surface area (TPSA) is 35.2 Å². The maximum absolute atomic E-state index is 13.9. The molecule has 1 rings (SSSR count). The Hall–Kier alpha value is -0.800. The Balaban J connectivity index is 3.51. The summed E-state index contributed by atoms with van der Waals surface area (Å²) in [5.74, 6) is -0.425. The molecule has 15 heavy (non-hydrogen) atoms. The number of halogens is 2. The number of hydrogen-bond donors (Lipinski definition) is 1. The molecule has 0 fully saturated rings. The Morgan fingerprint density at radius 2 is 2.00 bits per heavy atom. The van der Waals surface area contributed by atoms with Gasteiger partial charge in [-0.15, -0.1) is 0 Å². The number of nitrogens with two attached hydrogens (primary N) is 1. The van der Waals surface area contributed by atoms with Crippen LogP contribution in [0.5, 0.6) is 5.75 Å². The van der Waals surface area contributed by atoms with Gasteiger partial charge < -0.3 is 10.5 Å². The van der Waals surface area contributed by atoms with E-state index in [4.69, 9.17) is 22.1 Å². The van der Waals surface area contributed by atoms with E-state index in [-0.39, 0.29) is 5.75 Å². The maximum atomic E-state index is 13.9. The molecule has 0 unspecified atom stereocenters. The molecule has 0 heterocycles. The molecule has 0 aliphatic heterocycles. The summed E-state index contributed by atoms with van der Waals surface area (Å²) in [6.07, 6.45) is 0. The van der Waals surface area contributed by atoms with Gasteiger partial charge in [-0.2, -0.15) is 0 Å². The van der Waals surface area contributed by atoms with E-state index >= 15 is 0 Å². The van der Waals surface area contributed by atoms with Crippen LogP contribution >= 0.6 is 11.6 Å². The van der Waals surface area contributed by atoms with Crippen molar-refractivity contribution in [1.29, 1.82) is 0 Å². The molecule has 2 nitrogen and oxygen atoms in total. The van der Waals surface area contributed by atoms with Crippen molar-refractivity contribution in [2.75, 3.05) is 7.11 Å². The minimum absolute atomic E-state index is 0.0604. The van der Waals surface area contributed by atoms with Crippen molar-refractivity contribution in [3.8, 4) is 5.75 Å². The average molecular weight is 232 g/mol. The van der Waals surface area contributed by atoms with Crippen LogP contribution in [0, 0.1) is 12.7 Å². The second-order valence-electron chi connectivity index (χ2n) is 4.12. The Morgan fingerprint density at radius 1 is 1.47 bits per heavy atom. The quantitative estimate of drug-likeness (QED) is 0.849. The van der Waals surface area contributed by atoms with E-state index in [1.54, 1.807) is 26.8 Å². The van der Waals surface area contributed by atoms with Crippen LogP contribution < -0.4 is 10.5 Å². The van der Waals surface area contributed by atoms with E-state index in [2.05, 4.69) is 0 Å². The molecule has 0 aliphatic carbocycles. The second-order valence-corrected chi connectivity index (χ2v) is 4.50. The largest absolute Gasteiger partial charge is 0.492 e. The molecule has 0 saturated heterocycles. The number of hydrogen-bond acceptors (Lipinski definition) is 2. The van der Waals surface area contributed by atoms with Crippen LogP contribution in [0.1, 0.15) is 25.0 Å². The first-order valence-corrected chi connectivity index (χ1v) is 4.98. The summed E-state index contributed by atoms with van der Waals surface area (Å²) in [6, 6.07) is 1.65. The molecule has 4 heteroatoms. The van der Waals surface area contributed by atoms with Gasteiger partial charge in [-0.3, -0.25) is 0 Å². The van der Waals surface area contributed by atoms with E-state index < -0.39 is 11.4 Å². The lowest BCUT2D eigenvalue weighted by Gasteiger charge is -2.22. The third kappa shape index (κ3) is 2.24. The SMILES string of the molecule is COc1c(F)c(C(C)(C)N)cc(C)c1Cl. The van der Waals surface area contributed by atoms with Crippen molar-refractivity contribution < 1.29 is 9.13 Å². The summed E-state index contributed by atoms with van der Waals surface area (Å²) in [4.78, 5) is 0. The van der Waals surface area contributed by atoms with Crippen LogP contribution in [0.4, 0.5) is 4.39 Å². The second kappa shape index (κ2) is 3.99. The molecule has 0 amide bonds. The molecule has 1 aromatic rings. The molecule has 0 atom stereocenters. The molecular weight excluding hydrogens is 217 g/mol. The summed E-state index contributed by atoms with van der Waals surface area (Å²) in [5.41, 5.74) is 6.26. The van der Waals surface area contributed by atoms with Gasteiger partial charge in [0.1, 0.15) is 0 Å². The Kier molecular flexibility index (Phi) is 3.26. The summed E-state index contributed by atoms with van der Waals surface area (Å²) in [7, 11) is 1.39. The van der Waals surface area contributed by atoms with Crippen molar-refractivity contribution in [2.24, 2.45) is 5.73 Å². The first kappa shape index (κ1) is 12.3. The zero-order chi connectivity index (χ0) is 11.8. The van der Waals surface area contributed by atoms with Crippen LogP contribution in [0.25, 0.3) is 0 Å². The summed E-state index contributed by atoms with van der Waals surface area (Å²) >= 11 is 5.91. The number of aryl methyl sites for hydroxylation is 1. The van der Waals surface area contributed by atoms with Gasteiger partial charge in [0.15, 0.2) is 11.6 Å². The van der Waals surface area contributed by atoms with Crippen molar-refractivity contribution >= 4 is 11.6 Å². The standard InChI is InChI=1S/C11H15ClFNO/c1-6-5-7(11(2,3)14)9(13)10(15-4)8(6)12/h5H,14H2,1-4H3. The van der Waals surface area contributed by atoms with E-state index in [1.165, 1.54) is 7.11 Å². The fourth-order valence-corrected chi connectivity index (χ4v) is 1.60. The fraction of sp³-hybridized carbons (Fsp3) is 0.455. The van der Waals surface area contributed by atoms with Gasteiger partial charge in [-0.1, -0.05) is 11.6 Å². The molecule has 0 aromatic heterocycles. The Morgan fingerprint density at radius 3 is 2.40 bits per heavy atom. The van der Waals surface area contributed by atoms with Crippen LogP contribution in [0.2, 0.25) is 5.02 Å². The first-order valence-electron chi connectivity index (χ1n) is 4.61. The van der Waals surface area contributed by atoms with Gasteiger partial charge in [-0.25, -0.2) is 4.39 Å². The molecule has 2 N–H and O–H groups in total. The highest BCUT2D eigenvalue weighted by Gasteiger charge is 2.24. The molecule has 0 aliphatic rings. The van der Waals surface area contributed by atoms with Gasteiger partial charge in [0.05, 0.1) is 12.1 Å². The lowest BCUT2D eigenvalue weighted by molar-refractivity contribution is 0.376. The minimum atomic E-state index is -0.757. The normalized spacial score (nSPS) is 11.7. The maximum Gasteiger partial charge on any atom is 0.173 e. The van der Waals surface area contributed by atoms with Crippen molar-refractivity contribution in [3.63, 3.8) is 0 Å². The van der Waals surface area contributed by atoms with E-state index in [9.17, 15) is 4.39 Å². The summed E-state index contributed by atoms with van der Waals surface area (Å²) in [6.45, 7) is 5.26. The van der Waals surface area contributed by atoms with Gasteiger partial charge >= 0.3 is 0 Å². The molecular formula is C11H15ClFNO. The lowest BCUT2D eigenvalue weighted by Crippen LogP contribution is -2.30. The van der Waals surface area contributed by atoms with E-state index in [0.29, 0.717) is 10.6 Å². The average Bonchev–Trinajstić information content (AvgIpc) is 2.10. The fourth-order valence-electron chi connectivity index (χ4n) is 1.39. The van der Waals surface area contributed by atoms with E-state index in [1.807, 2.05) is 0 Å². The third-order valence-corrected chi connectivity index (χ3v) is 2.71. The van der Waals surface area contributed by atoms with Gasteiger partial charge in [-0.05, 0) is 32.4 Å². The minimum Gasteiger partial charge on any atom is -0.492 e. The van der Waals surface area contributed by atoms with E-state index in [0.717, 1.165) is 5.56 Å². The highest BCUT2D eigenvalue weighted by atomic mass is 35.5. The van der Waals surface area contributed by atoms with Crippen LogP contribution in [0.3, 0.4) is 0 Å². The van der Waals surface area contributed by atoms with Crippen molar-refractivity contribution in [2.45, 2.75) is 26.3 Å². The van der Waals surface area contributed by atoms with Crippen LogP contribution in [0.15, 0.2) is 6.07 Å². The third-order valence-electron chi connectivity index (χ3n) is 2.24. The monoisotopic (exact) mass is 231 g/mol. The predicted octanol–water partition coefficient (Wildman–Crippen LogP) is 2.99. The number of rotatable bonds is 2. The molecule has 0 bridgehead atoms. The number of benzene rings is 1. The molecule has 0 radical (unpaired) electrons. The van der Waals surface area contributed by atoms with Gasteiger partial charge in [0.25, 0.3) is 0 Å². The van der Waals surface area contributed by atoms with Crippen molar-refractivity contribution in [1.82, 2.24) is 0 Å². The van der Waals surface area contributed by atoms with Crippen LogP contribution in [-0.2, 0) is 5.54 Å². The molecule has 0 spiro atoms. The highest BCUT2D eigenvalue weighted by Crippen LogP contribution is 2.36. The number of ether oxygens (including phenoxy) is 1. The number of methoxy groups -OCH3 is 1. The smallest absolute Gasteiger partial charge is 0.173 e. The summed E-state index contributed by atoms with van der Waals surface area (Å²) < 4.78 is 18.9.